The second-order valence-corrected chi connectivity index (χ2v) is 7.21. The molecule has 2 heterocycles. The Labute approximate surface area is 187 Å². The highest BCUT2D eigenvalue weighted by molar-refractivity contribution is 6.03. The number of carbonyl (C=O) groups excluding carboxylic acids is 2. The summed E-state index contributed by atoms with van der Waals surface area (Å²) in [4.78, 5) is 47.0. The number of carbonyl (C=O) groups is 2. The monoisotopic (exact) mass is 449 g/mol. The summed E-state index contributed by atoms with van der Waals surface area (Å²) in [6, 6.07) is 12.0. The first-order valence-electron chi connectivity index (χ1n) is 10.1. The molecule has 0 aliphatic heterocycles. The second-order valence-electron chi connectivity index (χ2n) is 7.21. The van der Waals surface area contributed by atoms with Crippen molar-refractivity contribution in [2.24, 2.45) is 5.73 Å². The number of nitrogens with two attached hydrogens (primary N) is 1. The van der Waals surface area contributed by atoms with Crippen LogP contribution in [-0.2, 0) is 13.1 Å². The molecular formula is C23H20FN5O4. The number of halogens is 1. The number of methoxy groups -OCH3 is 1. The SMILES string of the molecule is CCn1c(=O)n(CC(=O)c2ccc(OC)cc2)c2c(C(N)=O)nc(-c3cccc(F)c3)nc21. The number of hydrogen-bond acceptors (Lipinski definition) is 6. The lowest BCUT2D eigenvalue weighted by Gasteiger charge is -2.08. The molecule has 2 aromatic heterocycles. The van der Waals surface area contributed by atoms with Gasteiger partial charge < -0.3 is 10.5 Å². The van der Waals surface area contributed by atoms with Gasteiger partial charge in [0.15, 0.2) is 22.9 Å². The number of primary amides is 1. The third kappa shape index (κ3) is 3.98. The summed E-state index contributed by atoms with van der Waals surface area (Å²) in [5.41, 5.74) is 5.66. The number of nitrogens with zero attached hydrogens (tertiary/aromatic N) is 4. The van der Waals surface area contributed by atoms with Crippen molar-refractivity contribution in [3.05, 3.63) is 76.1 Å². The van der Waals surface area contributed by atoms with Crippen molar-refractivity contribution in [3.63, 3.8) is 0 Å². The van der Waals surface area contributed by atoms with Crippen LogP contribution in [0, 0.1) is 5.82 Å². The molecule has 0 saturated carbocycles. The van der Waals surface area contributed by atoms with Gasteiger partial charge in [-0.1, -0.05) is 12.1 Å². The molecule has 0 saturated heterocycles. The Morgan fingerprint density at radius 1 is 1.09 bits per heavy atom. The molecule has 0 unspecified atom stereocenters. The van der Waals surface area contributed by atoms with Crippen LogP contribution in [0.4, 0.5) is 4.39 Å². The summed E-state index contributed by atoms with van der Waals surface area (Å²) in [7, 11) is 1.51. The molecule has 0 aliphatic rings. The molecular weight excluding hydrogens is 429 g/mol. The summed E-state index contributed by atoms with van der Waals surface area (Å²) in [5, 5.41) is 0. The minimum atomic E-state index is -0.904. The molecule has 0 fully saturated rings. The zero-order valence-electron chi connectivity index (χ0n) is 17.9. The van der Waals surface area contributed by atoms with Crippen LogP contribution < -0.4 is 16.2 Å². The van der Waals surface area contributed by atoms with Gasteiger partial charge >= 0.3 is 5.69 Å². The number of Topliss-reactive ketones (excluding diaryl/α,β-unsaturated/α-hetero) is 1. The normalized spacial score (nSPS) is 11.0. The van der Waals surface area contributed by atoms with Gasteiger partial charge in [-0.2, -0.15) is 0 Å². The van der Waals surface area contributed by atoms with Gasteiger partial charge in [-0.15, -0.1) is 0 Å². The van der Waals surface area contributed by atoms with E-state index in [0.717, 1.165) is 4.57 Å². The lowest BCUT2D eigenvalue weighted by atomic mass is 10.1. The maximum absolute atomic E-state index is 13.7. The van der Waals surface area contributed by atoms with Crippen molar-refractivity contribution >= 4 is 22.9 Å². The highest BCUT2D eigenvalue weighted by Crippen LogP contribution is 2.23. The van der Waals surface area contributed by atoms with E-state index in [9.17, 15) is 18.8 Å². The number of amides is 1. The van der Waals surface area contributed by atoms with Crippen LogP contribution in [-0.4, -0.2) is 37.9 Å². The van der Waals surface area contributed by atoms with E-state index in [4.69, 9.17) is 10.5 Å². The van der Waals surface area contributed by atoms with E-state index in [1.54, 1.807) is 37.3 Å². The van der Waals surface area contributed by atoms with Crippen molar-refractivity contribution in [1.82, 2.24) is 19.1 Å². The fourth-order valence-corrected chi connectivity index (χ4v) is 3.58. The van der Waals surface area contributed by atoms with Crippen molar-refractivity contribution in [1.29, 1.82) is 0 Å². The Morgan fingerprint density at radius 2 is 1.82 bits per heavy atom. The molecule has 2 N–H and O–H groups in total. The van der Waals surface area contributed by atoms with Crippen LogP contribution in [0.5, 0.6) is 5.75 Å². The fourth-order valence-electron chi connectivity index (χ4n) is 3.58. The quantitative estimate of drug-likeness (QED) is 0.433. The first-order chi connectivity index (χ1) is 15.8. The molecule has 4 rings (SSSR count). The van der Waals surface area contributed by atoms with Crippen LogP contribution in [0.25, 0.3) is 22.6 Å². The molecule has 9 nitrogen and oxygen atoms in total. The van der Waals surface area contributed by atoms with Crippen LogP contribution in [0.3, 0.4) is 0 Å². The minimum Gasteiger partial charge on any atom is -0.497 e. The second kappa shape index (κ2) is 8.65. The lowest BCUT2D eigenvalue weighted by molar-refractivity contribution is 0.0966. The average Bonchev–Trinajstić information content (AvgIpc) is 3.08. The highest BCUT2D eigenvalue weighted by atomic mass is 19.1. The minimum absolute atomic E-state index is 0.0385. The van der Waals surface area contributed by atoms with Crippen molar-refractivity contribution in [3.8, 4) is 17.1 Å². The zero-order valence-corrected chi connectivity index (χ0v) is 17.9. The van der Waals surface area contributed by atoms with Gasteiger partial charge in [-0.3, -0.25) is 18.7 Å². The van der Waals surface area contributed by atoms with Gasteiger partial charge in [0, 0.05) is 17.7 Å². The Bertz CT molecular complexity index is 1440. The number of ether oxygens (including phenoxy) is 1. The van der Waals surface area contributed by atoms with Crippen molar-refractivity contribution in [2.75, 3.05) is 7.11 Å². The first kappa shape index (κ1) is 21.9. The van der Waals surface area contributed by atoms with Gasteiger partial charge in [-0.25, -0.2) is 19.2 Å². The predicted molar refractivity (Wildman–Crippen MR) is 119 cm³/mol. The maximum Gasteiger partial charge on any atom is 0.330 e. The molecule has 0 spiro atoms. The molecule has 33 heavy (non-hydrogen) atoms. The molecule has 0 bridgehead atoms. The molecule has 2 aromatic carbocycles. The number of benzene rings is 2. The molecule has 10 heteroatoms. The highest BCUT2D eigenvalue weighted by Gasteiger charge is 2.24. The number of hydrogen-bond donors (Lipinski definition) is 1. The smallest absolute Gasteiger partial charge is 0.330 e. The van der Waals surface area contributed by atoms with Gasteiger partial charge in [0.1, 0.15) is 17.1 Å². The maximum atomic E-state index is 13.7. The number of ketones is 1. The summed E-state index contributed by atoms with van der Waals surface area (Å²) >= 11 is 0. The van der Waals surface area contributed by atoms with Crippen LogP contribution in [0.1, 0.15) is 27.8 Å². The predicted octanol–water partition coefficient (Wildman–Crippen LogP) is 2.41. The first-order valence-corrected chi connectivity index (χ1v) is 10.1. The van der Waals surface area contributed by atoms with E-state index in [-0.39, 0.29) is 41.6 Å². The van der Waals surface area contributed by atoms with Gasteiger partial charge in [0.25, 0.3) is 5.91 Å². The van der Waals surface area contributed by atoms with Gasteiger partial charge in [0.05, 0.1) is 13.7 Å². The number of aryl methyl sites for hydroxylation is 1. The van der Waals surface area contributed by atoms with Crippen molar-refractivity contribution in [2.45, 2.75) is 20.0 Å². The molecule has 0 aliphatic carbocycles. The lowest BCUT2D eigenvalue weighted by Crippen LogP contribution is -2.27. The number of fused-ring (bicyclic) bond motifs is 1. The number of aromatic nitrogens is 4. The molecule has 0 radical (unpaired) electrons. The van der Waals surface area contributed by atoms with Crippen LogP contribution in [0.15, 0.2) is 53.3 Å². The Hall–Kier alpha value is -4.34. The number of imidazole rings is 1. The Kier molecular flexibility index (Phi) is 5.74. The van der Waals surface area contributed by atoms with E-state index in [1.165, 1.54) is 29.9 Å². The topological polar surface area (TPSA) is 122 Å². The molecule has 4 aromatic rings. The van der Waals surface area contributed by atoms with Gasteiger partial charge in [0.2, 0.25) is 0 Å². The zero-order chi connectivity index (χ0) is 23.7. The van der Waals surface area contributed by atoms with E-state index < -0.39 is 17.4 Å². The van der Waals surface area contributed by atoms with Gasteiger partial charge in [-0.05, 0) is 43.3 Å². The summed E-state index contributed by atoms with van der Waals surface area (Å²) in [6.45, 7) is 1.60. The third-order valence-electron chi connectivity index (χ3n) is 5.20. The molecule has 168 valence electrons. The average molecular weight is 449 g/mol. The van der Waals surface area contributed by atoms with Crippen LogP contribution >= 0.6 is 0 Å². The molecule has 1 amide bonds. The fraction of sp³-hybridized carbons (Fsp3) is 0.174. The summed E-state index contributed by atoms with van der Waals surface area (Å²) < 4.78 is 21.3. The molecule has 0 atom stereocenters. The standard InChI is InChI=1S/C23H20FN5O4/c1-3-28-22-19(18(20(25)31)26-21(27-22)14-5-4-6-15(24)11-14)29(23(28)32)12-17(30)13-7-9-16(33-2)10-8-13/h4-11H,3,12H2,1-2H3,(H2,25,31). The van der Waals surface area contributed by atoms with E-state index in [0.29, 0.717) is 16.9 Å². The summed E-state index contributed by atoms with van der Waals surface area (Å²) in [5.74, 6) is -1.15. The van der Waals surface area contributed by atoms with E-state index in [2.05, 4.69) is 9.97 Å². The Balaban J connectivity index is 1.90. The third-order valence-corrected chi connectivity index (χ3v) is 5.20. The van der Waals surface area contributed by atoms with E-state index >= 15 is 0 Å². The van der Waals surface area contributed by atoms with Crippen molar-refractivity contribution < 1.29 is 18.7 Å². The number of rotatable bonds is 7. The Morgan fingerprint density at radius 3 is 2.42 bits per heavy atom. The van der Waals surface area contributed by atoms with Crippen LogP contribution in [0.2, 0.25) is 0 Å². The van der Waals surface area contributed by atoms with E-state index in [1.807, 2.05) is 0 Å². The summed E-state index contributed by atoms with van der Waals surface area (Å²) in [6.07, 6.45) is 0. The largest absolute Gasteiger partial charge is 0.497 e.